The molecule has 0 aliphatic carbocycles. The predicted octanol–water partition coefficient (Wildman–Crippen LogP) is 7.35. The highest BCUT2D eigenvalue weighted by atomic mass is 79.9. The van der Waals surface area contributed by atoms with Gasteiger partial charge in [0.05, 0.1) is 22.5 Å². The summed E-state index contributed by atoms with van der Waals surface area (Å²) in [5, 5.41) is 20.2. The van der Waals surface area contributed by atoms with Crippen LogP contribution in [0, 0.1) is 22.7 Å². The van der Waals surface area contributed by atoms with Gasteiger partial charge in [-0.2, -0.15) is 10.5 Å². The minimum absolute atomic E-state index is 0.384. The Morgan fingerprint density at radius 3 is 1.50 bits per heavy atom. The first-order chi connectivity index (χ1) is 14.6. The maximum absolute atomic E-state index is 10.1. The molecule has 0 unspecified atom stereocenters. The van der Waals surface area contributed by atoms with Crippen molar-refractivity contribution < 1.29 is 0 Å². The molecule has 0 saturated heterocycles. The van der Waals surface area contributed by atoms with Gasteiger partial charge in [0.1, 0.15) is 12.1 Å². The number of benzene rings is 3. The molecule has 5 heteroatoms. The van der Waals surface area contributed by atoms with E-state index in [1.807, 2.05) is 78.9 Å². The number of nitrogens with zero attached hydrogens (tertiary/aromatic N) is 3. The Morgan fingerprint density at radius 2 is 1.07 bits per heavy atom. The fourth-order valence-corrected chi connectivity index (χ4v) is 4.18. The van der Waals surface area contributed by atoms with Crippen LogP contribution in [0.5, 0.6) is 0 Å². The van der Waals surface area contributed by atoms with Gasteiger partial charge in [0, 0.05) is 25.6 Å². The summed E-state index contributed by atoms with van der Waals surface area (Å²) >= 11 is 7.00. The second kappa shape index (κ2) is 8.63. The molecule has 4 rings (SSSR count). The van der Waals surface area contributed by atoms with E-state index in [2.05, 4.69) is 44.0 Å². The molecule has 0 amide bonds. The third-order valence-corrected chi connectivity index (χ3v) is 5.67. The fourth-order valence-electron chi connectivity index (χ4n) is 3.39. The van der Waals surface area contributed by atoms with Gasteiger partial charge < -0.3 is 0 Å². The quantitative estimate of drug-likeness (QED) is 0.287. The van der Waals surface area contributed by atoms with Crippen molar-refractivity contribution in [2.75, 3.05) is 0 Å². The molecular formula is C25H13Br2N3. The predicted molar refractivity (Wildman–Crippen MR) is 125 cm³/mol. The van der Waals surface area contributed by atoms with E-state index in [1.54, 1.807) is 0 Å². The lowest BCUT2D eigenvalue weighted by molar-refractivity contribution is 1.28. The summed E-state index contributed by atoms with van der Waals surface area (Å²) < 4.78 is 1.78. The average Bonchev–Trinajstić information content (AvgIpc) is 2.78. The molecule has 0 bridgehead atoms. The maximum Gasteiger partial charge on any atom is 0.102 e. The zero-order valence-electron chi connectivity index (χ0n) is 15.6. The van der Waals surface area contributed by atoms with E-state index in [9.17, 15) is 10.5 Å². The van der Waals surface area contributed by atoms with Gasteiger partial charge >= 0.3 is 0 Å². The van der Waals surface area contributed by atoms with E-state index < -0.39 is 0 Å². The number of pyridine rings is 1. The first-order valence-electron chi connectivity index (χ1n) is 9.08. The lowest BCUT2D eigenvalue weighted by Gasteiger charge is -2.16. The zero-order chi connectivity index (χ0) is 21.1. The number of rotatable bonds is 3. The zero-order valence-corrected chi connectivity index (χ0v) is 18.8. The van der Waals surface area contributed by atoms with E-state index in [0.717, 1.165) is 25.6 Å². The Kier molecular flexibility index (Phi) is 5.77. The minimum atomic E-state index is 0.384. The van der Waals surface area contributed by atoms with Gasteiger partial charge in [-0.1, -0.05) is 86.5 Å². The molecular weight excluding hydrogens is 502 g/mol. The second-order valence-electron chi connectivity index (χ2n) is 6.54. The molecule has 0 atom stereocenters. The van der Waals surface area contributed by atoms with Gasteiger partial charge in [0.2, 0.25) is 0 Å². The fraction of sp³-hybridized carbons (Fsp3) is 0. The average molecular weight is 515 g/mol. The summed E-state index contributed by atoms with van der Waals surface area (Å²) in [6, 6.07) is 29.5. The van der Waals surface area contributed by atoms with Crippen LogP contribution in [0.3, 0.4) is 0 Å². The van der Waals surface area contributed by atoms with Gasteiger partial charge in [0.25, 0.3) is 0 Å². The Bertz CT molecular complexity index is 1250. The summed E-state index contributed by atoms with van der Waals surface area (Å²) in [7, 11) is 0. The van der Waals surface area contributed by atoms with Gasteiger partial charge in [-0.15, -0.1) is 0 Å². The van der Waals surface area contributed by atoms with E-state index >= 15 is 0 Å². The van der Waals surface area contributed by atoms with Crippen molar-refractivity contribution in [1.82, 2.24) is 4.98 Å². The SMILES string of the molecule is N#Cc1c(-c2cccc(Br)c2)nc(-c2cccc(Br)c2)c(C#N)c1-c1ccccc1. The molecule has 142 valence electrons. The van der Waals surface area contributed by atoms with Crippen molar-refractivity contribution in [2.45, 2.75) is 0 Å². The lowest BCUT2D eigenvalue weighted by Crippen LogP contribution is -2.02. The first-order valence-corrected chi connectivity index (χ1v) is 10.7. The third kappa shape index (κ3) is 3.78. The highest BCUT2D eigenvalue weighted by Crippen LogP contribution is 2.39. The molecule has 1 heterocycles. The van der Waals surface area contributed by atoms with E-state index in [1.165, 1.54) is 0 Å². The Hall–Kier alpha value is -3.25. The van der Waals surface area contributed by atoms with Crippen LogP contribution in [0.1, 0.15) is 11.1 Å². The van der Waals surface area contributed by atoms with Gasteiger partial charge in [0.15, 0.2) is 0 Å². The highest BCUT2D eigenvalue weighted by molar-refractivity contribution is 9.10. The molecule has 0 fully saturated rings. The van der Waals surface area contributed by atoms with Crippen LogP contribution in [0.4, 0.5) is 0 Å². The van der Waals surface area contributed by atoms with Crippen LogP contribution in [0.15, 0.2) is 87.8 Å². The topological polar surface area (TPSA) is 60.5 Å². The number of halogens is 2. The summed E-state index contributed by atoms with van der Waals surface area (Å²) in [5.74, 6) is 0. The number of nitriles is 2. The van der Waals surface area contributed by atoms with Crippen molar-refractivity contribution in [3.05, 3.63) is 98.9 Å². The smallest absolute Gasteiger partial charge is 0.102 e. The summed E-state index contributed by atoms with van der Waals surface area (Å²) in [5.41, 5.74) is 4.88. The van der Waals surface area contributed by atoms with Crippen molar-refractivity contribution in [2.24, 2.45) is 0 Å². The molecule has 4 aromatic rings. The molecule has 0 radical (unpaired) electrons. The van der Waals surface area contributed by atoms with E-state index in [-0.39, 0.29) is 0 Å². The van der Waals surface area contributed by atoms with Crippen LogP contribution in [0.2, 0.25) is 0 Å². The van der Waals surface area contributed by atoms with Gasteiger partial charge in [-0.25, -0.2) is 4.98 Å². The molecule has 0 saturated carbocycles. The first kappa shape index (κ1) is 20.0. The Labute approximate surface area is 191 Å². The molecule has 0 spiro atoms. The van der Waals surface area contributed by atoms with E-state index in [4.69, 9.17) is 4.98 Å². The van der Waals surface area contributed by atoms with Gasteiger partial charge in [-0.3, -0.25) is 0 Å². The molecule has 3 aromatic carbocycles. The molecule has 0 N–H and O–H groups in total. The van der Waals surface area contributed by atoms with Crippen molar-refractivity contribution in [3.63, 3.8) is 0 Å². The molecule has 0 aliphatic rings. The molecule has 0 aliphatic heterocycles. The van der Waals surface area contributed by atoms with Crippen molar-refractivity contribution in [3.8, 4) is 45.8 Å². The third-order valence-electron chi connectivity index (χ3n) is 4.68. The Balaban J connectivity index is 2.16. The second-order valence-corrected chi connectivity index (χ2v) is 8.38. The van der Waals surface area contributed by atoms with Crippen LogP contribution < -0.4 is 0 Å². The van der Waals surface area contributed by atoms with Crippen LogP contribution in [-0.4, -0.2) is 4.98 Å². The largest absolute Gasteiger partial charge is 0.245 e. The highest BCUT2D eigenvalue weighted by Gasteiger charge is 2.23. The normalized spacial score (nSPS) is 10.3. The lowest BCUT2D eigenvalue weighted by atomic mass is 9.90. The molecule has 3 nitrogen and oxygen atoms in total. The molecule has 30 heavy (non-hydrogen) atoms. The van der Waals surface area contributed by atoms with Crippen molar-refractivity contribution >= 4 is 31.9 Å². The molecule has 1 aromatic heterocycles. The van der Waals surface area contributed by atoms with Crippen LogP contribution >= 0.6 is 31.9 Å². The van der Waals surface area contributed by atoms with Crippen LogP contribution in [0.25, 0.3) is 33.6 Å². The standard InChI is InChI=1S/C25H13Br2N3/c26-19-10-4-8-17(12-19)24-21(14-28)23(16-6-2-1-3-7-16)22(15-29)25(30-24)18-9-5-11-20(27)13-18/h1-13H. The number of aromatic nitrogens is 1. The summed E-state index contributed by atoms with van der Waals surface area (Å²) in [6.45, 7) is 0. The van der Waals surface area contributed by atoms with Crippen molar-refractivity contribution in [1.29, 1.82) is 10.5 Å². The van der Waals surface area contributed by atoms with Crippen LogP contribution in [-0.2, 0) is 0 Å². The van der Waals surface area contributed by atoms with E-state index in [0.29, 0.717) is 28.1 Å². The maximum atomic E-state index is 10.1. The minimum Gasteiger partial charge on any atom is -0.245 e. The summed E-state index contributed by atoms with van der Waals surface area (Å²) in [4.78, 5) is 4.84. The number of hydrogen-bond acceptors (Lipinski definition) is 3. The Morgan fingerprint density at radius 1 is 0.600 bits per heavy atom. The van der Waals surface area contributed by atoms with Gasteiger partial charge in [-0.05, 0) is 29.8 Å². The number of hydrogen-bond donors (Lipinski definition) is 0. The monoisotopic (exact) mass is 513 g/mol. The summed E-state index contributed by atoms with van der Waals surface area (Å²) in [6.07, 6.45) is 0.